The third-order valence-electron chi connectivity index (χ3n) is 2.42. The molecular weight excluding hydrogens is 196 g/mol. The summed E-state index contributed by atoms with van der Waals surface area (Å²) in [5.41, 5.74) is 2.24. The van der Waals surface area contributed by atoms with Gasteiger partial charge in [-0.3, -0.25) is 0 Å². The van der Waals surface area contributed by atoms with E-state index in [-0.39, 0.29) is 0 Å². The zero-order valence-corrected chi connectivity index (χ0v) is 9.73. The van der Waals surface area contributed by atoms with Crippen LogP contribution in [0, 0.1) is 6.92 Å². The van der Waals surface area contributed by atoms with Crippen LogP contribution in [-0.2, 0) is 0 Å². The Hall–Kier alpha value is -0.760. The molecule has 0 saturated carbocycles. The smallest absolute Gasteiger partial charge is 0.129 e. The van der Waals surface area contributed by atoms with Crippen LogP contribution in [-0.4, -0.2) is 11.0 Å². The van der Waals surface area contributed by atoms with Gasteiger partial charge in [-0.05, 0) is 31.4 Å². The highest BCUT2D eigenvalue weighted by molar-refractivity contribution is 6.29. The van der Waals surface area contributed by atoms with Crippen molar-refractivity contribution in [2.75, 3.05) is 5.32 Å². The predicted octanol–water partition coefficient (Wildman–Crippen LogP) is 3.64. The van der Waals surface area contributed by atoms with E-state index in [1.807, 2.05) is 13.0 Å². The summed E-state index contributed by atoms with van der Waals surface area (Å²) in [6.07, 6.45) is 4.05. The van der Waals surface area contributed by atoms with Crippen molar-refractivity contribution < 1.29 is 0 Å². The fraction of sp³-hybridized carbons (Fsp3) is 0.545. The van der Waals surface area contributed by atoms with Crippen molar-refractivity contribution in [3.8, 4) is 0 Å². The Bertz CT molecular complexity index is 295. The summed E-state index contributed by atoms with van der Waals surface area (Å²) < 4.78 is 0. The van der Waals surface area contributed by atoms with Gasteiger partial charge < -0.3 is 5.32 Å². The molecule has 1 heterocycles. The molecule has 1 rings (SSSR count). The molecule has 78 valence electrons. The second-order valence-electron chi connectivity index (χ2n) is 3.48. The summed E-state index contributed by atoms with van der Waals surface area (Å²) in [4.78, 5) is 4.06. The molecule has 0 aromatic carbocycles. The minimum absolute atomic E-state index is 0.525. The lowest BCUT2D eigenvalue weighted by Crippen LogP contribution is -2.17. The number of hydrogen-bond donors (Lipinski definition) is 1. The lowest BCUT2D eigenvalue weighted by molar-refractivity contribution is 0.670. The van der Waals surface area contributed by atoms with Gasteiger partial charge in [0.05, 0.1) is 11.9 Å². The van der Waals surface area contributed by atoms with Gasteiger partial charge in [-0.2, -0.15) is 0 Å². The van der Waals surface area contributed by atoms with Crippen LogP contribution < -0.4 is 5.32 Å². The minimum atomic E-state index is 0.525. The Morgan fingerprint density at radius 2 is 2.07 bits per heavy atom. The van der Waals surface area contributed by atoms with Crippen LogP contribution in [0.2, 0.25) is 5.15 Å². The number of rotatable bonds is 4. The maximum Gasteiger partial charge on any atom is 0.129 e. The van der Waals surface area contributed by atoms with Crippen molar-refractivity contribution in [2.45, 2.75) is 39.7 Å². The number of aryl methyl sites for hydroxylation is 1. The fourth-order valence-electron chi connectivity index (χ4n) is 1.39. The molecule has 2 nitrogen and oxygen atoms in total. The monoisotopic (exact) mass is 212 g/mol. The largest absolute Gasteiger partial charge is 0.381 e. The molecular formula is C11H17ClN2. The normalized spacial score (nSPS) is 10.6. The molecule has 1 aromatic heterocycles. The Morgan fingerprint density at radius 3 is 2.57 bits per heavy atom. The van der Waals surface area contributed by atoms with E-state index in [9.17, 15) is 0 Å². The number of anilines is 1. The highest BCUT2D eigenvalue weighted by Gasteiger charge is 2.05. The molecule has 0 saturated heterocycles. The molecule has 0 radical (unpaired) electrons. The maximum atomic E-state index is 5.78. The van der Waals surface area contributed by atoms with E-state index in [1.165, 1.54) is 0 Å². The molecule has 0 aliphatic carbocycles. The van der Waals surface area contributed by atoms with Crippen LogP contribution in [0.15, 0.2) is 12.3 Å². The fourth-order valence-corrected chi connectivity index (χ4v) is 1.60. The van der Waals surface area contributed by atoms with Crippen LogP contribution in [0.4, 0.5) is 5.69 Å². The molecule has 1 N–H and O–H groups in total. The van der Waals surface area contributed by atoms with Crippen molar-refractivity contribution in [1.82, 2.24) is 4.98 Å². The van der Waals surface area contributed by atoms with Crippen molar-refractivity contribution in [2.24, 2.45) is 0 Å². The summed E-state index contributed by atoms with van der Waals surface area (Å²) in [5.74, 6) is 0. The lowest BCUT2D eigenvalue weighted by atomic mass is 10.1. The minimum Gasteiger partial charge on any atom is -0.381 e. The second-order valence-corrected chi connectivity index (χ2v) is 3.87. The van der Waals surface area contributed by atoms with Gasteiger partial charge in [0.2, 0.25) is 0 Å². The van der Waals surface area contributed by atoms with Crippen molar-refractivity contribution in [1.29, 1.82) is 0 Å². The van der Waals surface area contributed by atoms with Crippen molar-refractivity contribution in [3.05, 3.63) is 23.0 Å². The number of halogens is 1. The molecule has 0 unspecified atom stereocenters. The predicted molar refractivity (Wildman–Crippen MR) is 62.0 cm³/mol. The van der Waals surface area contributed by atoms with E-state index in [4.69, 9.17) is 11.6 Å². The van der Waals surface area contributed by atoms with Gasteiger partial charge in [-0.25, -0.2) is 4.98 Å². The molecule has 0 fully saturated rings. The summed E-state index contributed by atoms with van der Waals surface area (Å²) in [7, 11) is 0. The number of aromatic nitrogens is 1. The third kappa shape index (κ3) is 2.88. The van der Waals surface area contributed by atoms with Crippen molar-refractivity contribution in [3.63, 3.8) is 0 Å². The summed E-state index contributed by atoms with van der Waals surface area (Å²) in [6, 6.07) is 2.41. The van der Waals surface area contributed by atoms with Crippen LogP contribution in [0.1, 0.15) is 32.3 Å². The third-order valence-corrected chi connectivity index (χ3v) is 2.63. The maximum absolute atomic E-state index is 5.78. The highest BCUT2D eigenvalue weighted by atomic mass is 35.5. The van der Waals surface area contributed by atoms with Gasteiger partial charge in [0.25, 0.3) is 0 Å². The van der Waals surface area contributed by atoms with Gasteiger partial charge in [0, 0.05) is 6.04 Å². The van der Waals surface area contributed by atoms with Crippen LogP contribution >= 0.6 is 11.6 Å². The first kappa shape index (κ1) is 11.3. The molecule has 14 heavy (non-hydrogen) atoms. The van der Waals surface area contributed by atoms with E-state index in [0.717, 1.165) is 24.1 Å². The van der Waals surface area contributed by atoms with Gasteiger partial charge in [0.15, 0.2) is 0 Å². The van der Waals surface area contributed by atoms with Crippen molar-refractivity contribution >= 4 is 17.3 Å². The molecule has 1 aromatic rings. The van der Waals surface area contributed by atoms with E-state index in [2.05, 4.69) is 24.1 Å². The van der Waals surface area contributed by atoms with E-state index < -0.39 is 0 Å². The quantitative estimate of drug-likeness (QED) is 0.771. The average molecular weight is 213 g/mol. The molecule has 0 aliphatic heterocycles. The average Bonchev–Trinajstić information content (AvgIpc) is 2.17. The standard InChI is InChI=1S/C11H17ClN2/c1-4-9(5-2)14-10-7-13-11(12)6-8(10)3/h6-7,9,14H,4-5H2,1-3H3. The Kier molecular flexibility index (Phi) is 4.21. The van der Waals surface area contributed by atoms with E-state index in [0.29, 0.717) is 11.2 Å². The van der Waals surface area contributed by atoms with Gasteiger partial charge in [-0.15, -0.1) is 0 Å². The van der Waals surface area contributed by atoms with Gasteiger partial charge >= 0.3 is 0 Å². The molecule has 0 amide bonds. The topological polar surface area (TPSA) is 24.9 Å². The number of hydrogen-bond acceptors (Lipinski definition) is 2. The van der Waals surface area contributed by atoms with E-state index >= 15 is 0 Å². The Morgan fingerprint density at radius 1 is 1.43 bits per heavy atom. The number of pyridine rings is 1. The first-order valence-corrected chi connectivity index (χ1v) is 5.43. The first-order valence-electron chi connectivity index (χ1n) is 5.06. The Labute approximate surface area is 90.7 Å². The summed E-state index contributed by atoms with van der Waals surface area (Å²) in [5, 5.41) is 4.01. The van der Waals surface area contributed by atoms with Gasteiger partial charge in [0.1, 0.15) is 5.15 Å². The molecule has 0 spiro atoms. The first-order chi connectivity index (χ1) is 6.67. The van der Waals surface area contributed by atoms with Crippen LogP contribution in [0.25, 0.3) is 0 Å². The SMILES string of the molecule is CCC(CC)Nc1cnc(Cl)cc1C. The zero-order chi connectivity index (χ0) is 10.6. The second kappa shape index (κ2) is 5.20. The number of nitrogens with zero attached hydrogens (tertiary/aromatic N) is 1. The van der Waals surface area contributed by atoms with Gasteiger partial charge in [-0.1, -0.05) is 25.4 Å². The summed E-state index contributed by atoms with van der Waals surface area (Å²) >= 11 is 5.78. The van der Waals surface area contributed by atoms with Crippen LogP contribution in [0.5, 0.6) is 0 Å². The molecule has 0 aliphatic rings. The van der Waals surface area contributed by atoms with E-state index in [1.54, 1.807) is 6.20 Å². The zero-order valence-electron chi connectivity index (χ0n) is 8.97. The summed E-state index contributed by atoms with van der Waals surface area (Å²) in [6.45, 7) is 6.40. The number of nitrogens with one attached hydrogen (secondary N) is 1. The molecule has 3 heteroatoms. The highest BCUT2D eigenvalue weighted by Crippen LogP contribution is 2.18. The molecule has 0 bridgehead atoms. The molecule has 0 atom stereocenters. The lowest BCUT2D eigenvalue weighted by Gasteiger charge is -2.17. The Balaban J connectivity index is 2.76. The van der Waals surface area contributed by atoms with Crippen LogP contribution in [0.3, 0.4) is 0 Å².